The molecule has 4 rings (SSSR count). The van der Waals surface area contributed by atoms with Crippen molar-refractivity contribution in [2.45, 2.75) is 26.2 Å². The van der Waals surface area contributed by atoms with Gasteiger partial charge in [-0.2, -0.15) is 0 Å². The Labute approximate surface area is 188 Å². The molecular formula is C24H21FN4O4. The highest BCUT2D eigenvalue weighted by molar-refractivity contribution is 6.04. The molecule has 0 saturated carbocycles. The van der Waals surface area contributed by atoms with Gasteiger partial charge in [-0.15, -0.1) is 0 Å². The first-order chi connectivity index (χ1) is 15.7. The predicted molar refractivity (Wildman–Crippen MR) is 119 cm³/mol. The molecule has 168 valence electrons. The van der Waals surface area contributed by atoms with Gasteiger partial charge in [0.2, 0.25) is 11.8 Å². The van der Waals surface area contributed by atoms with Gasteiger partial charge in [-0.05, 0) is 49.2 Å². The number of carbonyl (C=O) groups is 3. The van der Waals surface area contributed by atoms with E-state index in [1.165, 1.54) is 41.7 Å². The number of nitrogens with zero attached hydrogens (tertiary/aromatic N) is 3. The first-order valence-electron chi connectivity index (χ1n) is 10.1. The lowest BCUT2D eigenvalue weighted by Gasteiger charge is -2.31. The molecule has 0 bridgehead atoms. The maximum Gasteiger partial charge on any atom is 0.333 e. The van der Waals surface area contributed by atoms with Gasteiger partial charge in [0.15, 0.2) is 0 Å². The number of carboxylic acid groups (broad SMARTS) is 1. The Hall–Kier alpha value is -4.27. The second kappa shape index (κ2) is 8.34. The van der Waals surface area contributed by atoms with Crippen LogP contribution in [0.25, 0.3) is 5.69 Å². The number of nitrogens with two attached hydrogens (primary N) is 1. The average Bonchev–Trinajstić information content (AvgIpc) is 3.19. The number of aliphatic carboxylic acids is 1. The zero-order valence-corrected chi connectivity index (χ0v) is 17.9. The molecule has 8 nitrogen and oxygen atoms in total. The van der Waals surface area contributed by atoms with E-state index in [1.807, 2.05) is 0 Å². The van der Waals surface area contributed by atoms with Gasteiger partial charge in [0.25, 0.3) is 0 Å². The molecule has 1 atom stereocenters. The third-order valence-corrected chi connectivity index (χ3v) is 5.65. The van der Waals surface area contributed by atoms with Gasteiger partial charge in [-0.25, -0.2) is 14.2 Å². The molecule has 0 spiro atoms. The number of imidazole rings is 1. The van der Waals surface area contributed by atoms with Crippen molar-refractivity contribution in [2.75, 3.05) is 4.90 Å². The topological polar surface area (TPSA) is 119 Å². The number of halogens is 1. The van der Waals surface area contributed by atoms with Crippen molar-refractivity contribution in [3.8, 4) is 5.69 Å². The molecule has 2 heterocycles. The lowest BCUT2D eigenvalue weighted by atomic mass is 9.85. The Balaban J connectivity index is 1.88. The normalized spacial score (nSPS) is 16.0. The number of hydrogen-bond donors (Lipinski definition) is 2. The van der Waals surface area contributed by atoms with E-state index in [0.717, 1.165) is 0 Å². The van der Waals surface area contributed by atoms with Crippen LogP contribution >= 0.6 is 0 Å². The molecule has 2 amide bonds. The van der Waals surface area contributed by atoms with Crippen LogP contribution in [0.1, 0.15) is 39.5 Å². The Bertz CT molecular complexity index is 1310. The van der Waals surface area contributed by atoms with Gasteiger partial charge >= 0.3 is 5.97 Å². The number of hydrogen-bond acceptors (Lipinski definition) is 4. The molecule has 0 unspecified atom stereocenters. The number of carbonyl (C=O) groups excluding carboxylic acids is 2. The van der Waals surface area contributed by atoms with Crippen molar-refractivity contribution in [1.82, 2.24) is 9.55 Å². The van der Waals surface area contributed by atoms with Crippen LogP contribution in [0.5, 0.6) is 0 Å². The van der Waals surface area contributed by atoms with Crippen LogP contribution < -0.4 is 10.6 Å². The van der Waals surface area contributed by atoms with E-state index in [1.54, 1.807) is 36.7 Å². The first kappa shape index (κ1) is 21.9. The van der Waals surface area contributed by atoms with Crippen molar-refractivity contribution >= 4 is 23.5 Å². The van der Waals surface area contributed by atoms with Gasteiger partial charge in [0.05, 0.1) is 29.0 Å². The molecule has 1 aliphatic rings. The van der Waals surface area contributed by atoms with Crippen molar-refractivity contribution in [3.05, 3.63) is 88.9 Å². The number of benzene rings is 2. The van der Waals surface area contributed by atoms with Gasteiger partial charge < -0.3 is 15.4 Å². The zero-order valence-electron chi connectivity index (χ0n) is 17.9. The number of anilines is 1. The molecule has 0 radical (unpaired) electrons. The number of rotatable bonds is 5. The molecule has 1 aliphatic heterocycles. The molecule has 0 aliphatic carbocycles. The summed E-state index contributed by atoms with van der Waals surface area (Å²) in [4.78, 5) is 42.7. The molecule has 33 heavy (non-hydrogen) atoms. The van der Waals surface area contributed by atoms with E-state index in [-0.39, 0.29) is 23.5 Å². The summed E-state index contributed by atoms with van der Waals surface area (Å²) in [7, 11) is 0. The number of amides is 2. The number of primary amides is 1. The second-order valence-corrected chi connectivity index (χ2v) is 7.90. The molecule has 0 saturated heterocycles. The van der Waals surface area contributed by atoms with Crippen LogP contribution in [0.15, 0.2) is 60.7 Å². The largest absolute Gasteiger partial charge is 0.478 e. The standard InChI is InChI=1S/C24H21FN4O4/c1-13-7-21(20(8-17(13)23(26)31)28-10-14(2)27-12-28)29-11-19(24(32)33)18(9-22(29)30)15-3-5-16(25)6-4-15/h3-8,10-12,18H,9H2,1-2H3,(H2,26,31)(H,32,33)/t18-/m0/s1. The maximum absolute atomic E-state index is 13.4. The Morgan fingerprint density at radius 3 is 2.42 bits per heavy atom. The van der Waals surface area contributed by atoms with E-state index >= 15 is 0 Å². The minimum atomic E-state index is -1.19. The van der Waals surface area contributed by atoms with Crippen molar-refractivity contribution in [1.29, 1.82) is 0 Å². The summed E-state index contributed by atoms with van der Waals surface area (Å²) in [6.45, 7) is 3.48. The highest BCUT2D eigenvalue weighted by atomic mass is 19.1. The van der Waals surface area contributed by atoms with Crippen LogP contribution in [-0.4, -0.2) is 32.4 Å². The zero-order chi connectivity index (χ0) is 23.9. The van der Waals surface area contributed by atoms with Crippen LogP contribution in [0.4, 0.5) is 10.1 Å². The Morgan fingerprint density at radius 1 is 1.15 bits per heavy atom. The summed E-state index contributed by atoms with van der Waals surface area (Å²) < 4.78 is 15.0. The fourth-order valence-electron chi connectivity index (χ4n) is 3.98. The average molecular weight is 448 g/mol. The van der Waals surface area contributed by atoms with Gasteiger partial charge in [-0.1, -0.05) is 12.1 Å². The number of aromatic nitrogens is 2. The maximum atomic E-state index is 13.4. The molecule has 2 aromatic carbocycles. The molecule has 0 fully saturated rings. The van der Waals surface area contributed by atoms with Crippen molar-refractivity contribution in [3.63, 3.8) is 0 Å². The van der Waals surface area contributed by atoms with Gasteiger partial charge in [0, 0.05) is 30.3 Å². The monoisotopic (exact) mass is 448 g/mol. The summed E-state index contributed by atoms with van der Waals surface area (Å²) in [6.07, 6.45) is 4.42. The molecule has 9 heteroatoms. The van der Waals surface area contributed by atoms with E-state index in [0.29, 0.717) is 28.2 Å². The summed E-state index contributed by atoms with van der Waals surface area (Å²) in [6, 6.07) is 8.60. The summed E-state index contributed by atoms with van der Waals surface area (Å²) in [5.74, 6) is -3.34. The highest BCUT2D eigenvalue weighted by Gasteiger charge is 2.34. The summed E-state index contributed by atoms with van der Waals surface area (Å²) in [5, 5.41) is 9.88. The van der Waals surface area contributed by atoms with Crippen molar-refractivity contribution < 1.29 is 23.9 Å². The molecule has 3 aromatic rings. The van der Waals surface area contributed by atoms with Crippen LogP contribution in [0.3, 0.4) is 0 Å². The van der Waals surface area contributed by atoms with Crippen LogP contribution in [0, 0.1) is 19.7 Å². The Kier molecular flexibility index (Phi) is 5.55. The predicted octanol–water partition coefficient (Wildman–Crippen LogP) is 3.22. The van der Waals surface area contributed by atoms with E-state index in [4.69, 9.17) is 5.73 Å². The summed E-state index contributed by atoms with van der Waals surface area (Å²) in [5.41, 5.74) is 8.40. The molecular weight excluding hydrogens is 427 g/mol. The minimum absolute atomic E-state index is 0.00870. The summed E-state index contributed by atoms with van der Waals surface area (Å²) >= 11 is 0. The molecule has 3 N–H and O–H groups in total. The fraction of sp³-hybridized carbons (Fsp3) is 0.167. The van der Waals surface area contributed by atoms with Gasteiger partial charge in [-0.3, -0.25) is 14.5 Å². The third kappa shape index (κ3) is 4.12. The van der Waals surface area contributed by atoms with Crippen LogP contribution in [-0.2, 0) is 9.59 Å². The molecule has 1 aromatic heterocycles. The number of carboxylic acids is 1. The minimum Gasteiger partial charge on any atom is -0.478 e. The van der Waals surface area contributed by atoms with E-state index in [9.17, 15) is 23.9 Å². The SMILES string of the molecule is Cc1cn(-c2cc(C(N)=O)c(C)cc2N2C=C(C(=O)O)[C@H](c3ccc(F)cc3)CC2=O)cn1. The first-order valence-corrected chi connectivity index (χ1v) is 10.1. The van der Waals surface area contributed by atoms with Gasteiger partial charge in [0.1, 0.15) is 5.82 Å². The second-order valence-electron chi connectivity index (χ2n) is 7.90. The van der Waals surface area contributed by atoms with Crippen LogP contribution in [0.2, 0.25) is 0 Å². The lowest BCUT2D eigenvalue weighted by Crippen LogP contribution is -2.35. The number of aryl methyl sites for hydroxylation is 2. The van der Waals surface area contributed by atoms with E-state index < -0.39 is 23.6 Å². The lowest BCUT2D eigenvalue weighted by molar-refractivity contribution is -0.133. The smallest absolute Gasteiger partial charge is 0.333 e. The third-order valence-electron chi connectivity index (χ3n) is 5.65. The highest BCUT2D eigenvalue weighted by Crippen LogP contribution is 2.37. The quantitative estimate of drug-likeness (QED) is 0.621. The van der Waals surface area contributed by atoms with Crippen molar-refractivity contribution in [2.24, 2.45) is 5.73 Å². The van der Waals surface area contributed by atoms with E-state index in [2.05, 4.69) is 4.98 Å². The fourth-order valence-corrected chi connectivity index (χ4v) is 3.98. The Morgan fingerprint density at radius 2 is 1.85 bits per heavy atom.